The predicted octanol–water partition coefficient (Wildman–Crippen LogP) is 2.65. The number of H-pyrrole nitrogens is 1. The second kappa shape index (κ2) is 3.57. The maximum absolute atomic E-state index is 4.45. The van der Waals surface area contributed by atoms with Gasteiger partial charge in [0.1, 0.15) is 5.65 Å². The Bertz CT molecular complexity index is 558. The molecule has 2 aliphatic rings. The van der Waals surface area contributed by atoms with Gasteiger partial charge in [-0.1, -0.05) is 6.42 Å². The van der Waals surface area contributed by atoms with Crippen LogP contribution in [0.1, 0.15) is 36.6 Å². The van der Waals surface area contributed by atoms with Gasteiger partial charge in [-0.2, -0.15) is 0 Å². The lowest BCUT2D eigenvalue weighted by atomic mass is 9.91. The molecule has 0 aliphatic carbocycles. The van der Waals surface area contributed by atoms with Crippen LogP contribution in [-0.4, -0.2) is 28.0 Å². The normalized spacial score (nSPS) is 24.6. The molecule has 3 heteroatoms. The van der Waals surface area contributed by atoms with Gasteiger partial charge in [0.15, 0.2) is 0 Å². The molecule has 3 nitrogen and oxygen atoms in total. The highest BCUT2D eigenvalue weighted by molar-refractivity contribution is 5.81. The van der Waals surface area contributed by atoms with Crippen LogP contribution < -0.4 is 0 Å². The molecule has 1 N–H and O–H groups in total. The highest BCUT2D eigenvalue weighted by Crippen LogP contribution is 2.38. The van der Waals surface area contributed by atoms with Gasteiger partial charge in [-0.3, -0.25) is 4.90 Å². The average Bonchev–Trinajstić information content (AvgIpc) is 2.78. The number of hydrogen-bond donors (Lipinski definition) is 1. The fraction of sp³-hybridized carbons (Fsp3) is 0.500. The summed E-state index contributed by atoms with van der Waals surface area (Å²) in [5.74, 6) is 0. The summed E-state index contributed by atoms with van der Waals surface area (Å²) in [7, 11) is 0. The minimum atomic E-state index is 0.627. The van der Waals surface area contributed by atoms with E-state index < -0.39 is 0 Å². The molecule has 2 aromatic rings. The number of nitrogens with zero attached hydrogens (tertiary/aromatic N) is 2. The van der Waals surface area contributed by atoms with E-state index in [9.17, 15) is 0 Å². The van der Waals surface area contributed by atoms with Crippen molar-refractivity contribution in [1.29, 1.82) is 0 Å². The molecule has 1 fully saturated rings. The summed E-state index contributed by atoms with van der Waals surface area (Å²) in [5.41, 5.74) is 4.05. The second-order valence-corrected chi connectivity index (χ2v) is 5.21. The van der Waals surface area contributed by atoms with E-state index in [-0.39, 0.29) is 0 Å². The lowest BCUT2D eigenvalue weighted by Gasteiger charge is -2.39. The van der Waals surface area contributed by atoms with Crippen LogP contribution in [-0.2, 0) is 6.42 Å². The number of aromatic amines is 1. The van der Waals surface area contributed by atoms with Gasteiger partial charge in [0.05, 0.1) is 6.04 Å². The van der Waals surface area contributed by atoms with E-state index in [1.165, 1.54) is 55.4 Å². The zero-order chi connectivity index (χ0) is 11.2. The highest BCUT2D eigenvalue weighted by Gasteiger charge is 2.31. The van der Waals surface area contributed by atoms with Gasteiger partial charge in [0.2, 0.25) is 0 Å². The van der Waals surface area contributed by atoms with Crippen molar-refractivity contribution >= 4 is 11.0 Å². The monoisotopic (exact) mass is 227 g/mol. The summed E-state index contributed by atoms with van der Waals surface area (Å²) in [6.07, 6.45) is 7.09. The van der Waals surface area contributed by atoms with Gasteiger partial charge in [-0.05, 0) is 43.5 Å². The molecule has 0 radical (unpaired) electrons. The topological polar surface area (TPSA) is 31.9 Å². The molecule has 2 aliphatic heterocycles. The highest BCUT2D eigenvalue weighted by atomic mass is 15.2. The largest absolute Gasteiger partial charge is 0.342 e. The number of rotatable bonds is 0. The third-order valence-electron chi connectivity index (χ3n) is 4.31. The summed E-state index contributed by atoms with van der Waals surface area (Å²) in [5, 5.41) is 1.34. The Kier molecular flexibility index (Phi) is 2.03. The third-order valence-corrected chi connectivity index (χ3v) is 4.31. The molecule has 1 atom stereocenters. The zero-order valence-corrected chi connectivity index (χ0v) is 9.95. The van der Waals surface area contributed by atoms with Gasteiger partial charge in [-0.25, -0.2) is 4.98 Å². The SMILES string of the molecule is c1cnc2[nH]c3c(c2c1)CCN1CCCC[C@@H]31. The van der Waals surface area contributed by atoms with E-state index >= 15 is 0 Å². The van der Waals surface area contributed by atoms with Crippen LogP contribution in [0.3, 0.4) is 0 Å². The quantitative estimate of drug-likeness (QED) is 0.750. The van der Waals surface area contributed by atoms with Crippen molar-refractivity contribution in [3.8, 4) is 0 Å². The van der Waals surface area contributed by atoms with Crippen LogP contribution in [0.15, 0.2) is 18.3 Å². The Labute approximate surface area is 101 Å². The summed E-state index contributed by atoms with van der Waals surface area (Å²) >= 11 is 0. The van der Waals surface area contributed by atoms with E-state index in [1.807, 2.05) is 12.3 Å². The molecule has 4 rings (SSSR count). The van der Waals surface area contributed by atoms with Crippen molar-refractivity contribution in [3.63, 3.8) is 0 Å². The number of nitrogens with one attached hydrogen (secondary N) is 1. The van der Waals surface area contributed by atoms with E-state index in [0.29, 0.717) is 6.04 Å². The Morgan fingerprint density at radius 1 is 1.29 bits per heavy atom. The first-order valence-electron chi connectivity index (χ1n) is 6.63. The van der Waals surface area contributed by atoms with Crippen molar-refractivity contribution < 1.29 is 0 Å². The van der Waals surface area contributed by atoms with Crippen molar-refractivity contribution in [3.05, 3.63) is 29.6 Å². The molecule has 0 saturated carbocycles. The third kappa shape index (κ3) is 1.35. The first kappa shape index (κ1) is 9.66. The first-order valence-corrected chi connectivity index (χ1v) is 6.63. The molecule has 17 heavy (non-hydrogen) atoms. The van der Waals surface area contributed by atoms with Crippen LogP contribution in [0, 0.1) is 0 Å². The minimum absolute atomic E-state index is 0.627. The smallest absolute Gasteiger partial charge is 0.137 e. The molecule has 0 spiro atoms. The van der Waals surface area contributed by atoms with Crippen LogP contribution in [0.4, 0.5) is 0 Å². The zero-order valence-electron chi connectivity index (χ0n) is 9.95. The van der Waals surface area contributed by atoms with Gasteiger partial charge in [-0.15, -0.1) is 0 Å². The summed E-state index contributed by atoms with van der Waals surface area (Å²) in [6, 6.07) is 4.88. The maximum atomic E-state index is 4.45. The molecule has 0 bridgehead atoms. The summed E-state index contributed by atoms with van der Waals surface area (Å²) in [6.45, 7) is 2.49. The standard InChI is InChI=1S/C14H17N3/c1-2-8-17-9-6-10-11-4-3-7-15-14(11)16-13(10)12(17)5-1/h3-4,7,12H,1-2,5-6,8-9H2,(H,15,16)/t12-/m0/s1. The molecule has 4 heterocycles. The van der Waals surface area contributed by atoms with Gasteiger partial charge >= 0.3 is 0 Å². The fourth-order valence-electron chi connectivity index (χ4n) is 3.49. The van der Waals surface area contributed by atoms with Crippen molar-refractivity contribution in [2.75, 3.05) is 13.1 Å². The molecular formula is C14H17N3. The van der Waals surface area contributed by atoms with Gasteiger partial charge < -0.3 is 4.98 Å². The molecular weight excluding hydrogens is 210 g/mol. The summed E-state index contributed by atoms with van der Waals surface area (Å²) in [4.78, 5) is 10.7. The van der Waals surface area contributed by atoms with E-state index in [2.05, 4.69) is 20.9 Å². The average molecular weight is 227 g/mol. The van der Waals surface area contributed by atoms with Crippen molar-refractivity contribution in [2.24, 2.45) is 0 Å². The lowest BCUT2D eigenvalue weighted by molar-refractivity contribution is 0.136. The number of aromatic nitrogens is 2. The Morgan fingerprint density at radius 3 is 3.29 bits per heavy atom. The first-order chi connectivity index (χ1) is 8.43. The predicted molar refractivity (Wildman–Crippen MR) is 68.0 cm³/mol. The molecule has 0 amide bonds. The Balaban J connectivity index is 1.89. The van der Waals surface area contributed by atoms with Crippen LogP contribution >= 0.6 is 0 Å². The van der Waals surface area contributed by atoms with E-state index in [4.69, 9.17) is 0 Å². The molecule has 88 valence electrons. The number of pyridine rings is 1. The van der Waals surface area contributed by atoms with Gasteiger partial charge in [0.25, 0.3) is 0 Å². The van der Waals surface area contributed by atoms with Crippen LogP contribution in [0.5, 0.6) is 0 Å². The molecule has 1 saturated heterocycles. The second-order valence-electron chi connectivity index (χ2n) is 5.21. The van der Waals surface area contributed by atoms with E-state index in [1.54, 1.807) is 0 Å². The number of piperidine rings is 1. The van der Waals surface area contributed by atoms with Crippen LogP contribution in [0.2, 0.25) is 0 Å². The van der Waals surface area contributed by atoms with Crippen LogP contribution in [0.25, 0.3) is 11.0 Å². The van der Waals surface area contributed by atoms with E-state index in [0.717, 1.165) is 5.65 Å². The maximum Gasteiger partial charge on any atom is 0.137 e. The molecule has 0 unspecified atom stereocenters. The molecule has 2 aromatic heterocycles. The number of fused-ring (bicyclic) bond motifs is 5. The van der Waals surface area contributed by atoms with Gasteiger partial charge in [0, 0.05) is 23.8 Å². The fourth-order valence-corrected chi connectivity index (χ4v) is 3.49. The summed E-state index contributed by atoms with van der Waals surface area (Å²) < 4.78 is 0. The van der Waals surface area contributed by atoms with Crippen molar-refractivity contribution in [2.45, 2.75) is 31.7 Å². The Hall–Kier alpha value is -1.35. The van der Waals surface area contributed by atoms with Crippen molar-refractivity contribution in [1.82, 2.24) is 14.9 Å². The minimum Gasteiger partial charge on any atom is -0.342 e. The Morgan fingerprint density at radius 2 is 2.29 bits per heavy atom. The lowest BCUT2D eigenvalue weighted by Crippen LogP contribution is -2.38. The number of hydrogen-bond acceptors (Lipinski definition) is 2. The molecule has 0 aromatic carbocycles.